The smallest absolute Gasteiger partial charge is 0.193 e. The highest BCUT2D eigenvalue weighted by atomic mass is 35.5. The van der Waals surface area contributed by atoms with Gasteiger partial charge >= 0.3 is 0 Å². The van der Waals surface area contributed by atoms with Crippen LogP contribution in [0.1, 0.15) is 30.5 Å². The van der Waals surface area contributed by atoms with E-state index in [-0.39, 0.29) is 5.16 Å². The number of hydrogen-bond donors (Lipinski definition) is 0. The van der Waals surface area contributed by atoms with Crippen molar-refractivity contribution in [1.29, 1.82) is 0 Å². The largest absolute Gasteiger partial charge is 0.443 e. The van der Waals surface area contributed by atoms with E-state index in [1.807, 2.05) is 19.9 Å². The molecule has 0 fully saturated rings. The molecule has 2 nitrogen and oxygen atoms in total. The van der Waals surface area contributed by atoms with Gasteiger partial charge in [0.25, 0.3) is 0 Å². The van der Waals surface area contributed by atoms with Crippen LogP contribution in [0.2, 0.25) is 0 Å². The molecule has 0 saturated carbocycles. The summed E-state index contributed by atoms with van der Waals surface area (Å²) < 4.78 is 5.67. The number of halogens is 2. The third kappa shape index (κ3) is 4.04. The zero-order chi connectivity index (χ0) is 13.9. The van der Waals surface area contributed by atoms with E-state index >= 15 is 0 Å². The molecule has 0 amide bonds. The second kappa shape index (κ2) is 6.26. The van der Waals surface area contributed by atoms with E-state index < -0.39 is 0 Å². The molecule has 4 heteroatoms. The first kappa shape index (κ1) is 15.1. The van der Waals surface area contributed by atoms with Crippen LogP contribution in [0.4, 0.5) is 0 Å². The van der Waals surface area contributed by atoms with E-state index in [1.54, 1.807) is 13.8 Å². The summed E-state index contributed by atoms with van der Waals surface area (Å²) in [5.41, 5.74) is 3.48. The Morgan fingerprint density at radius 2 is 1.56 bits per heavy atom. The van der Waals surface area contributed by atoms with Gasteiger partial charge in [0, 0.05) is 6.92 Å². The minimum absolute atomic E-state index is 0.246. The summed E-state index contributed by atoms with van der Waals surface area (Å²) in [6.07, 6.45) is 0. The fourth-order valence-corrected chi connectivity index (χ4v) is 1.60. The molecule has 1 rings (SSSR count). The van der Waals surface area contributed by atoms with Crippen molar-refractivity contribution in [3.05, 3.63) is 39.0 Å². The van der Waals surface area contributed by atoms with Gasteiger partial charge in [-0.05, 0) is 50.5 Å². The molecule has 0 bridgehead atoms. The molecule has 0 saturated heterocycles. The third-order valence-corrected chi connectivity index (χ3v) is 3.23. The minimum Gasteiger partial charge on any atom is -0.443 e. The zero-order valence-electron chi connectivity index (χ0n) is 11.3. The topological polar surface area (TPSA) is 21.6 Å². The predicted octanol–water partition coefficient (Wildman–Crippen LogP) is 5.08. The normalized spacial score (nSPS) is 13.4. The van der Waals surface area contributed by atoms with Gasteiger partial charge in [-0.1, -0.05) is 29.3 Å². The van der Waals surface area contributed by atoms with Gasteiger partial charge in [0.2, 0.25) is 0 Å². The molecule has 0 aromatic heterocycles. The molecule has 0 heterocycles. The van der Waals surface area contributed by atoms with Gasteiger partial charge in [0.15, 0.2) is 5.90 Å². The Balaban J connectivity index is 2.99. The highest BCUT2D eigenvalue weighted by Crippen LogP contribution is 2.23. The lowest BCUT2D eigenvalue weighted by Gasteiger charge is -2.11. The minimum atomic E-state index is 0.246. The van der Waals surface area contributed by atoms with Gasteiger partial charge in [-0.15, -0.1) is 0 Å². The van der Waals surface area contributed by atoms with Crippen LogP contribution in [-0.4, -0.2) is 5.90 Å². The summed E-state index contributed by atoms with van der Waals surface area (Å²) in [6, 6.07) is 4.08. The monoisotopic (exact) mass is 285 g/mol. The molecule has 0 aliphatic heterocycles. The van der Waals surface area contributed by atoms with Crippen LogP contribution < -0.4 is 4.74 Å². The molecule has 1 aromatic rings. The van der Waals surface area contributed by atoms with Crippen molar-refractivity contribution in [2.45, 2.75) is 34.6 Å². The second-order valence-corrected chi connectivity index (χ2v) is 5.18. The zero-order valence-corrected chi connectivity index (χ0v) is 12.8. The molecule has 98 valence electrons. The average molecular weight is 286 g/mol. The number of rotatable bonds is 2. The molecule has 0 aliphatic rings. The van der Waals surface area contributed by atoms with E-state index in [1.165, 1.54) is 11.1 Å². The number of hydrogen-bond acceptors (Lipinski definition) is 2. The Hall–Kier alpha value is -0.990. The lowest BCUT2D eigenvalue weighted by Crippen LogP contribution is -2.05. The van der Waals surface area contributed by atoms with Gasteiger partial charge in [0.05, 0.1) is 5.03 Å². The van der Waals surface area contributed by atoms with Gasteiger partial charge in [-0.2, -0.15) is 0 Å². The first-order valence-electron chi connectivity index (χ1n) is 5.64. The number of ether oxygens (including phenoxy) is 1. The Morgan fingerprint density at radius 1 is 1.00 bits per heavy atom. The summed E-state index contributed by atoms with van der Waals surface area (Å²) in [6.45, 7) is 9.55. The SMILES string of the molecule is C/C(Cl)=C(Cl)\N=C(/C)Oc1cc(C)c(C)cc1C. The highest BCUT2D eigenvalue weighted by Gasteiger charge is 2.05. The van der Waals surface area contributed by atoms with Crippen LogP contribution in [-0.2, 0) is 0 Å². The maximum atomic E-state index is 5.85. The molecule has 0 radical (unpaired) electrons. The number of nitrogens with zero attached hydrogens (tertiary/aromatic N) is 1. The Kier molecular flexibility index (Phi) is 5.24. The lowest BCUT2D eigenvalue weighted by molar-refractivity contribution is 0.541. The molecule has 1 aromatic carbocycles. The Labute approximate surface area is 118 Å². The molecule has 0 aliphatic carbocycles. The van der Waals surface area contributed by atoms with E-state index in [2.05, 4.69) is 18.0 Å². The van der Waals surface area contributed by atoms with E-state index in [4.69, 9.17) is 27.9 Å². The first-order chi connectivity index (χ1) is 8.31. The van der Waals surface area contributed by atoms with Crippen LogP contribution in [0, 0.1) is 20.8 Å². The van der Waals surface area contributed by atoms with Crippen molar-refractivity contribution < 1.29 is 4.74 Å². The second-order valence-electron chi connectivity index (χ2n) is 4.26. The average Bonchev–Trinajstić information content (AvgIpc) is 2.25. The van der Waals surface area contributed by atoms with Crippen molar-refractivity contribution in [3.63, 3.8) is 0 Å². The van der Waals surface area contributed by atoms with Gasteiger partial charge < -0.3 is 4.74 Å². The van der Waals surface area contributed by atoms with Crippen molar-refractivity contribution in [2.24, 2.45) is 4.99 Å². The van der Waals surface area contributed by atoms with Gasteiger partial charge in [0.1, 0.15) is 10.9 Å². The Bertz CT molecular complexity index is 515. The van der Waals surface area contributed by atoms with Crippen LogP contribution in [0.25, 0.3) is 0 Å². The lowest BCUT2D eigenvalue weighted by atomic mass is 10.1. The Morgan fingerprint density at radius 3 is 2.11 bits per heavy atom. The molecular weight excluding hydrogens is 269 g/mol. The van der Waals surface area contributed by atoms with E-state index in [0.29, 0.717) is 10.9 Å². The van der Waals surface area contributed by atoms with Crippen molar-refractivity contribution in [3.8, 4) is 5.75 Å². The van der Waals surface area contributed by atoms with Crippen molar-refractivity contribution in [1.82, 2.24) is 0 Å². The van der Waals surface area contributed by atoms with Crippen LogP contribution in [0.3, 0.4) is 0 Å². The van der Waals surface area contributed by atoms with E-state index in [0.717, 1.165) is 11.3 Å². The summed E-state index contributed by atoms with van der Waals surface area (Å²) in [5.74, 6) is 1.25. The van der Waals surface area contributed by atoms with Gasteiger partial charge in [-0.3, -0.25) is 0 Å². The quantitative estimate of drug-likeness (QED) is 0.422. The molecule has 0 unspecified atom stereocenters. The number of benzene rings is 1. The molecule has 0 atom stereocenters. The fraction of sp³-hybridized carbons (Fsp3) is 0.357. The number of aliphatic imine (C=N–C) groups is 1. The summed E-state index contributed by atoms with van der Waals surface area (Å²) in [7, 11) is 0. The van der Waals surface area contributed by atoms with Crippen LogP contribution >= 0.6 is 23.2 Å². The standard InChI is InChI=1S/C14H17Cl2NO/c1-8-6-10(3)13(7-9(8)2)18-12(5)17-14(16)11(4)15/h6-7H,1-5H3/b14-11+,17-12+. The molecule has 0 N–H and O–H groups in total. The molecule has 18 heavy (non-hydrogen) atoms. The third-order valence-electron chi connectivity index (χ3n) is 2.59. The predicted molar refractivity (Wildman–Crippen MR) is 78.8 cm³/mol. The summed E-state index contributed by atoms with van der Waals surface area (Å²) >= 11 is 11.6. The summed E-state index contributed by atoms with van der Waals surface area (Å²) in [5, 5.41) is 0.687. The summed E-state index contributed by atoms with van der Waals surface area (Å²) in [4.78, 5) is 4.07. The maximum Gasteiger partial charge on any atom is 0.193 e. The van der Waals surface area contributed by atoms with Crippen LogP contribution in [0.5, 0.6) is 5.75 Å². The van der Waals surface area contributed by atoms with Crippen molar-refractivity contribution in [2.75, 3.05) is 0 Å². The van der Waals surface area contributed by atoms with E-state index in [9.17, 15) is 0 Å². The number of aryl methyl sites for hydroxylation is 3. The number of allylic oxidation sites excluding steroid dienone is 1. The first-order valence-corrected chi connectivity index (χ1v) is 6.39. The maximum absolute atomic E-state index is 5.85. The highest BCUT2D eigenvalue weighted by molar-refractivity contribution is 6.39. The molecular formula is C14H17Cl2NO. The van der Waals surface area contributed by atoms with Gasteiger partial charge in [-0.25, -0.2) is 4.99 Å². The van der Waals surface area contributed by atoms with Crippen molar-refractivity contribution >= 4 is 29.1 Å². The van der Waals surface area contributed by atoms with Crippen LogP contribution in [0.15, 0.2) is 27.3 Å². The molecule has 0 spiro atoms. The fourth-order valence-electron chi connectivity index (χ4n) is 1.44.